The summed E-state index contributed by atoms with van der Waals surface area (Å²) in [6.07, 6.45) is 1.40. The van der Waals surface area contributed by atoms with Crippen LogP contribution in [-0.2, 0) is 27.2 Å². The third kappa shape index (κ3) is 4.97. The van der Waals surface area contributed by atoms with Gasteiger partial charge >= 0.3 is 13.2 Å². The predicted octanol–water partition coefficient (Wildman–Crippen LogP) is 3.87. The van der Waals surface area contributed by atoms with Crippen molar-refractivity contribution in [2.24, 2.45) is 0 Å². The number of ether oxygens (including phenoxy) is 1. The molecule has 172 valence electrons. The molecule has 2 aromatic carbocycles. The Morgan fingerprint density at radius 3 is 2.48 bits per heavy atom. The quantitative estimate of drug-likeness (QED) is 0.656. The number of carbonyl (C=O) groups excluding carboxylic acids is 2. The molecule has 2 heterocycles. The van der Waals surface area contributed by atoms with Crippen LogP contribution in [0, 0.1) is 0 Å². The average Bonchev–Trinajstić information content (AvgIpc) is 3.26. The van der Waals surface area contributed by atoms with Gasteiger partial charge in [0.2, 0.25) is 0 Å². The molecule has 2 aliphatic heterocycles. The molecule has 2 amide bonds. The van der Waals surface area contributed by atoms with E-state index in [-0.39, 0.29) is 19.1 Å². The maximum Gasteiger partial charge on any atom is 0.492 e. The lowest BCUT2D eigenvalue weighted by molar-refractivity contribution is 0.00578. The van der Waals surface area contributed by atoms with Crippen molar-refractivity contribution >= 4 is 25.2 Å². The van der Waals surface area contributed by atoms with Gasteiger partial charge in [-0.2, -0.15) is 0 Å². The van der Waals surface area contributed by atoms with Crippen molar-refractivity contribution in [3.8, 4) is 0 Å². The zero-order valence-corrected chi connectivity index (χ0v) is 19.4. The number of nitrogens with one attached hydrogen (secondary N) is 2. The first kappa shape index (κ1) is 23.1. The van der Waals surface area contributed by atoms with Gasteiger partial charge in [0.15, 0.2) is 0 Å². The highest BCUT2D eigenvalue weighted by Crippen LogP contribution is 2.39. The molecule has 0 aromatic heterocycles. The summed E-state index contributed by atoms with van der Waals surface area (Å²) in [5.41, 5.74) is 3.05. The molecule has 4 rings (SSSR count). The molecule has 33 heavy (non-hydrogen) atoms. The van der Waals surface area contributed by atoms with Crippen molar-refractivity contribution in [1.82, 2.24) is 10.6 Å². The molecule has 0 spiro atoms. The van der Waals surface area contributed by atoms with Crippen molar-refractivity contribution in [3.05, 3.63) is 76.3 Å². The van der Waals surface area contributed by atoms with Gasteiger partial charge in [-0.3, -0.25) is 4.79 Å². The van der Waals surface area contributed by atoms with Crippen LogP contribution in [-0.4, -0.2) is 36.9 Å². The Hall–Kier alpha value is -3.10. The van der Waals surface area contributed by atoms with Gasteiger partial charge < -0.3 is 24.7 Å². The smallest absolute Gasteiger partial charge is 0.445 e. The summed E-state index contributed by atoms with van der Waals surface area (Å²) < 4.78 is 17.8. The minimum atomic E-state index is -0.648. The highest BCUT2D eigenvalue weighted by Gasteiger charge is 2.52. The third-order valence-electron chi connectivity index (χ3n) is 6.43. The molecule has 0 atom stereocenters. The second-order valence-corrected chi connectivity index (χ2v) is 9.28. The topological polar surface area (TPSA) is 85.9 Å². The number of hydrogen-bond acceptors (Lipinski definition) is 5. The summed E-state index contributed by atoms with van der Waals surface area (Å²) in [6.45, 7) is 8.75. The van der Waals surface area contributed by atoms with Crippen LogP contribution in [0.4, 0.5) is 4.79 Å². The van der Waals surface area contributed by atoms with Gasteiger partial charge in [-0.25, -0.2) is 4.79 Å². The van der Waals surface area contributed by atoms with E-state index < -0.39 is 24.4 Å². The van der Waals surface area contributed by atoms with Crippen molar-refractivity contribution in [2.75, 3.05) is 6.54 Å². The van der Waals surface area contributed by atoms with E-state index in [1.54, 1.807) is 0 Å². The van der Waals surface area contributed by atoms with Crippen LogP contribution >= 0.6 is 0 Å². The van der Waals surface area contributed by atoms with Crippen molar-refractivity contribution in [2.45, 2.75) is 52.0 Å². The SMILES string of the molecule is CC1(C)OB(C(=Cc2cccc3c2CNC3=O)CNC(=O)OCc2ccccc2)OC1(C)C. The van der Waals surface area contributed by atoms with E-state index in [1.165, 1.54) is 0 Å². The van der Waals surface area contributed by atoms with Crippen LogP contribution in [0.1, 0.15) is 54.7 Å². The van der Waals surface area contributed by atoms with E-state index in [4.69, 9.17) is 14.0 Å². The van der Waals surface area contributed by atoms with Gasteiger partial charge in [0.25, 0.3) is 5.91 Å². The Morgan fingerprint density at radius 1 is 1.09 bits per heavy atom. The summed E-state index contributed by atoms with van der Waals surface area (Å²) in [4.78, 5) is 24.5. The Morgan fingerprint density at radius 2 is 1.79 bits per heavy atom. The normalized spacial score (nSPS) is 18.6. The van der Waals surface area contributed by atoms with E-state index in [0.717, 1.165) is 22.2 Å². The minimum absolute atomic E-state index is 0.0833. The average molecular weight is 448 g/mol. The monoisotopic (exact) mass is 448 g/mol. The molecular weight excluding hydrogens is 419 g/mol. The molecule has 0 bridgehead atoms. The van der Waals surface area contributed by atoms with Gasteiger partial charge in [-0.05, 0) is 55.9 Å². The van der Waals surface area contributed by atoms with E-state index in [0.29, 0.717) is 12.1 Å². The fourth-order valence-corrected chi connectivity index (χ4v) is 3.76. The molecule has 0 aliphatic carbocycles. The first-order chi connectivity index (χ1) is 15.7. The number of benzene rings is 2. The second kappa shape index (κ2) is 9.04. The first-order valence-electron chi connectivity index (χ1n) is 11.1. The highest BCUT2D eigenvalue weighted by molar-refractivity contribution is 6.56. The van der Waals surface area contributed by atoms with E-state index in [9.17, 15) is 9.59 Å². The van der Waals surface area contributed by atoms with Crippen LogP contribution in [0.25, 0.3) is 6.08 Å². The Bertz CT molecular complexity index is 1070. The third-order valence-corrected chi connectivity index (χ3v) is 6.43. The first-order valence-corrected chi connectivity index (χ1v) is 11.1. The summed E-state index contributed by atoms with van der Waals surface area (Å²) in [5, 5.41) is 5.67. The molecule has 0 radical (unpaired) electrons. The van der Waals surface area contributed by atoms with Crippen LogP contribution in [0.3, 0.4) is 0 Å². The zero-order valence-electron chi connectivity index (χ0n) is 19.4. The lowest BCUT2D eigenvalue weighted by Crippen LogP contribution is -2.41. The number of carbonyl (C=O) groups is 2. The van der Waals surface area contributed by atoms with Gasteiger partial charge in [-0.15, -0.1) is 0 Å². The molecule has 0 saturated carbocycles. The fourth-order valence-electron chi connectivity index (χ4n) is 3.76. The minimum Gasteiger partial charge on any atom is -0.445 e. The van der Waals surface area contributed by atoms with Crippen molar-refractivity contribution in [1.29, 1.82) is 0 Å². The van der Waals surface area contributed by atoms with Gasteiger partial charge in [-0.1, -0.05) is 48.5 Å². The number of alkyl carbamates (subject to hydrolysis) is 1. The second-order valence-electron chi connectivity index (χ2n) is 9.28. The summed E-state index contributed by atoms with van der Waals surface area (Å²) in [6, 6.07) is 15.1. The maximum atomic E-state index is 12.4. The standard InChI is InChI=1S/C25H29BN2O5/c1-24(2)25(3,4)33-26(32-24)19(13-18-11-8-12-20-21(18)15-27-22(20)29)14-28-23(30)31-16-17-9-6-5-7-10-17/h5-13H,14-16H2,1-4H3,(H,27,29)(H,28,30). The lowest BCUT2D eigenvalue weighted by atomic mass is 9.76. The van der Waals surface area contributed by atoms with Crippen molar-refractivity contribution < 1.29 is 23.6 Å². The van der Waals surface area contributed by atoms with Crippen LogP contribution in [0.2, 0.25) is 0 Å². The Kier molecular flexibility index (Phi) is 6.32. The van der Waals surface area contributed by atoms with Crippen molar-refractivity contribution in [3.63, 3.8) is 0 Å². The predicted molar refractivity (Wildman–Crippen MR) is 126 cm³/mol. The molecule has 8 heteroatoms. The number of fused-ring (bicyclic) bond motifs is 1. The van der Waals surface area contributed by atoms with Crippen LogP contribution < -0.4 is 10.6 Å². The summed E-state index contributed by atoms with van der Waals surface area (Å²) in [5.74, 6) is -0.0833. The number of hydrogen-bond donors (Lipinski definition) is 2. The van der Waals surface area contributed by atoms with Gasteiger partial charge in [0.05, 0.1) is 11.2 Å². The van der Waals surface area contributed by atoms with Gasteiger partial charge in [0.1, 0.15) is 6.61 Å². The lowest BCUT2D eigenvalue weighted by Gasteiger charge is -2.32. The fraction of sp³-hybridized carbons (Fsp3) is 0.360. The molecular formula is C25H29BN2O5. The molecule has 2 N–H and O–H groups in total. The Balaban J connectivity index is 1.53. The summed E-state index contributed by atoms with van der Waals surface area (Å²) >= 11 is 0. The molecule has 0 unspecified atom stereocenters. The zero-order chi connectivity index (χ0) is 23.6. The maximum absolute atomic E-state index is 12.4. The highest BCUT2D eigenvalue weighted by atomic mass is 16.7. The van der Waals surface area contributed by atoms with Gasteiger partial charge in [0, 0.05) is 18.7 Å². The molecule has 1 fully saturated rings. The van der Waals surface area contributed by atoms with E-state index in [1.807, 2.05) is 82.3 Å². The molecule has 2 aromatic rings. The van der Waals surface area contributed by atoms with E-state index >= 15 is 0 Å². The molecule has 1 saturated heterocycles. The number of amides is 2. The van der Waals surface area contributed by atoms with E-state index in [2.05, 4.69) is 10.6 Å². The molecule has 2 aliphatic rings. The van der Waals surface area contributed by atoms with Crippen LogP contribution in [0.5, 0.6) is 0 Å². The Labute approximate surface area is 194 Å². The number of rotatable bonds is 6. The van der Waals surface area contributed by atoms with Crippen LogP contribution in [0.15, 0.2) is 54.0 Å². The largest absolute Gasteiger partial charge is 0.492 e. The molecule has 7 nitrogen and oxygen atoms in total. The summed E-state index contributed by atoms with van der Waals surface area (Å²) in [7, 11) is -0.648.